The molecule has 2 rings (SSSR count). The smallest absolute Gasteiger partial charge is 0.0196 e. The molecule has 0 aliphatic carbocycles. The molecule has 0 N–H and O–H groups in total. The van der Waals surface area contributed by atoms with Crippen molar-refractivity contribution < 1.29 is 0 Å². The van der Waals surface area contributed by atoms with Gasteiger partial charge in [-0.15, -0.1) is 6.58 Å². The minimum atomic E-state index is 0.485. The zero-order chi connectivity index (χ0) is 10.7. The summed E-state index contributed by atoms with van der Waals surface area (Å²) in [6.07, 6.45) is 4.71. The standard InChI is InChI=1S/C14H19N/c1-3-13(12-8-5-4-6-9-12)14-10-7-11-15(14)2/h3-6,8-9,13-14H,1,7,10-11H2,2H3. The lowest BCUT2D eigenvalue weighted by Crippen LogP contribution is -2.30. The second-order valence-electron chi connectivity index (χ2n) is 4.36. The van der Waals surface area contributed by atoms with E-state index in [1.807, 2.05) is 0 Å². The first-order valence-corrected chi connectivity index (χ1v) is 5.70. The van der Waals surface area contributed by atoms with Gasteiger partial charge in [0.15, 0.2) is 0 Å². The number of nitrogens with zero attached hydrogens (tertiary/aromatic N) is 1. The van der Waals surface area contributed by atoms with Crippen molar-refractivity contribution in [3.63, 3.8) is 0 Å². The van der Waals surface area contributed by atoms with E-state index in [1.165, 1.54) is 24.9 Å². The molecule has 1 saturated heterocycles. The SMILES string of the molecule is C=CC(c1ccccc1)C1CCCN1C. The highest BCUT2D eigenvalue weighted by molar-refractivity contribution is 5.25. The molecular formula is C14H19N. The van der Waals surface area contributed by atoms with E-state index in [1.54, 1.807) is 0 Å². The highest BCUT2D eigenvalue weighted by Crippen LogP contribution is 2.30. The fourth-order valence-corrected chi connectivity index (χ4v) is 2.58. The molecule has 2 unspecified atom stereocenters. The van der Waals surface area contributed by atoms with Crippen LogP contribution in [0, 0.1) is 0 Å². The normalized spacial score (nSPS) is 23.9. The Bertz CT molecular complexity index is 317. The van der Waals surface area contributed by atoms with E-state index in [-0.39, 0.29) is 0 Å². The van der Waals surface area contributed by atoms with Gasteiger partial charge in [0.05, 0.1) is 0 Å². The van der Waals surface area contributed by atoms with Crippen LogP contribution in [0.4, 0.5) is 0 Å². The summed E-state index contributed by atoms with van der Waals surface area (Å²) in [6, 6.07) is 11.4. The molecule has 1 aromatic carbocycles. The van der Waals surface area contributed by atoms with Gasteiger partial charge in [-0.1, -0.05) is 36.4 Å². The Balaban J connectivity index is 2.20. The van der Waals surface area contributed by atoms with E-state index in [4.69, 9.17) is 0 Å². The number of benzene rings is 1. The van der Waals surface area contributed by atoms with E-state index >= 15 is 0 Å². The molecule has 0 aromatic heterocycles. The number of likely N-dealkylation sites (N-methyl/N-ethyl adjacent to an activating group) is 1. The summed E-state index contributed by atoms with van der Waals surface area (Å²) in [5.41, 5.74) is 1.39. The molecule has 80 valence electrons. The molecular weight excluding hydrogens is 182 g/mol. The Morgan fingerprint density at radius 2 is 2.13 bits per heavy atom. The molecule has 0 radical (unpaired) electrons. The van der Waals surface area contributed by atoms with Gasteiger partial charge in [0, 0.05) is 12.0 Å². The van der Waals surface area contributed by atoms with Crippen LogP contribution in [0.15, 0.2) is 43.0 Å². The zero-order valence-corrected chi connectivity index (χ0v) is 9.39. The van der Waals surface area contributed by atoms with Crippen molar-refractivity contribution in [3.8, 4) is 0 Å². The fourth-order valence-electron chi connectivity index (χ4n) is 2.58. The van der Waals surface area contributed by atoms with E-state index in [2.05, 4.69) is 54.9 Å². The molecule has 1 heterocycles. The van der Waals surface area contributed by atoms with Gasteiger partial charge in [0.25, 0.3) is 0 Å². The van der Waals surface area contributed by atoms with Crippen molar-refractivity contribution >= 4 is 0 Å². The Morgan fingerprint density at radius 1 is 1.40 bits per heavy atom. The van der Waals surface area contributed by atoms with Crippen LogP contribution in [-0.4, -0.2) is 24.5 Å². The van der Waals surface area contributed by atoms with Crippen LogP contribution in [0.2, 0.25) is 0 Å². The molecule has 0 amide bonds. The molecule has 0 bridgehead atoms. The minimum absolute atomic E-state index is 0.485. The van der Waals surface area contributed by atoms with E-state index in [9.17, 15) is 0 Å². The summed E-state index contributed by atoms with van der Waals surface area (Å²) in [5.74, 6) is 0.485. The highest BCUT2D eigenvalue weighted by Gasteiger charge is 2.28. The van der Waals surface area contributed by atoms with Crippen LogP contribution in [0.25, 0.3) is 0 Å². The van der Waals surface area contributed by atoms with Crippen LogP contribution in [0.3, 0.4) is 0 Å². The topological polar surface area (TPSA) is 3.24 Å². The Labute approximate surface area is 92.4 Å². The monoisotopic (exact) mass is 201 g/mol. The average Bonchev–Trinajstić information content (AvgIpc) is 2.68. The van der Waals surface area contributed by atoms with Crippen molar-refractivity contribution in [2.45, 2.75) is 24.8 Å². The quantitative estimate of drug-likeness (QED) is 0.679. The van der Waals surface area contributed by atoms with Gasteiger partial charge in [0.1, 0.15) is 0 Å². The fraction of sp³-hybridized carbons (Fsp3) is 0.429. The molecule has 1 nitrogen and oxygen atoms in total. The molecule has 0 saturated carbocycles. The van der Waals surface area contributed by atoms with Crippen molar-refractivity contribution in [2.24, 2.45) is 0 Å². The van der Waals surface area contributed by atoms with Crippen LogP contribution in [0.5, 0.6) is 0 Å². The van der Waals surface area contributed by atoms with Gasteiger partial charge in [-0.2, -0.15) is 0 Å². The lowest BCUT2D eigenvalue weighted by molar-refractivity contribution is 0.291. The van der Waals surface area contributed by atoms with Gasteiger partial charge in [0.2, 0.25) is 0 Å². The summed E-state index contributed by atoms with van der Waals surface area (Å²) < 4.78 is 0. The van der Waals surface area contributed by atoms with Crippen molar-refractivity contribution in [1.29, 1.82) is 0 Å². The molecule has 0 spiro atoms. The second-order valence-corrected chi connectivity index (χ2v) is 4.36. The van der Waals surface area contributed by atoms with Crippen molar-refractivity contribution in [1.82, 2.24) is 4.90 Å². The molecule has 1 fully saturated rings. The first-order valence-electron chi connectivity index (χ1n) is 5.70. The predicted molar refractivity (Wildman–Crippen MR) is 65.0 cm³/mol. The summed E-state index contributed by atoms with van der Waals surface area (Å²) in [6.45, 7) is 5.21. The van der Waals surface area contributed by atoms with Crippen LogP contribution in [-0.2, 0) is 0 Å². The first kappa shape index (κ1) is 10.4. The maximum atomic E-state index is 3.99. The van der Waals surface area contributed by atoms with Crippen molar-refractivity contribution in [2.75, 3.05) is 13.6 Å². The minimum Gasteiger partial charge on any atom is -0.302 e. The van der Waals surface area contributed by atoms with Gasteiger partial charge in [-0.25, -0.2) is 0 Å². The van der Waals surface area contributed by atoms with E-state index in [0.29, 0.717) is 12.0 Å². The third-order valence-corrected chi connectivity index (χ3v) is 3.43. The molecule has 1 aromatic rings. The number of likely N-dealkylation sites (tertiary alicyclic amines) is 1. The molecule has 1 heteroatoms. The largest absolute Gasteiger partial charge is 0.302 e. The maximum Gasteiger partial charge on any atom is 0.0196 e. The van der Waals surface area contributed by atoms with Gasteiger partial charge in [-0.3, -0.25) is 0 Å². The first-order chi connectivity index (χ1) is 7.33. The predicted octanol–water partition coefficient (Wildman–Crippen LogP) is 3.05. The maximum absolute atomic E-state index is 3.99. The number of hydrogen-bond acceptors (Lipinski definition) is 1. The summed E-state index contributed by atoms with van der Waals surface area (Å²) >= 11 is 0. The number of rotatable bonds is 3. The number of hydrogen-bond donors (Lipinski definition) is 0. The zero-order valence-electron chi connectivity index (χ0n) is 9.39. The molecule has 15 heavy (non-hydrogen) atoms. The van der Waals surface area contributed by atoms with Crippen molar-refractivity contribution in [3.05, 3.63) is 48.6 Å². The Hall–Kier alpha value is -1.08. The molecule has 1 aliphatic rings. The molecule has 2 atom stereocenters. The lowest BCUT2D eigenvalue weighted by Gasteiger charge is -2.27. The average molecular weight is 201 g/mol. The van der Waals surface area contributed by atoms with Crippen LogP contribution >= 0.6 is 0 Å². The third kappa shape index (κ3) is 2.13. The van der Waals surface area contributed by atoms with Crippen LogP contribution in [0.1, 0.15) is 24.3 Å². The summed E-state index contributed by atoms with van der Waals surface area (Å²) in [5, 5.41) is 0. The summed E-state index contributed by atoms with van der Waals surface area (Å²) in [4.78, 5) is 2.46. The van der Waals surface area contributed by atoms with Gasteiger partial charge < -0.3 is 4.90 Å². The Morgan fingerprint density at radius 3 is 2.67 bits per heavy atom. The summed E-state index contributed by atoms with van der Waals surface area (Å²) in [7, 11) is 2.22. The lowest BCUT2D eigenvalue weighted by atomic mass is 9.90. The van der Waals surface area contributed by atoms with Crippen LogP contribution < -0.4 is 0 Å². The van der Waals surface area contributed by atoms with E-state index in [0.717, 1.165) is 0 Å². The Kier molecular flexibility index (Phi) is 3.22. The van der Waals surface area contributed by atoms with Gasteiger partial charge >= 0.3 is 0 Å². The second kappa shape index (κ2) is 4.63. The molecule has 1 aliphatic heterocycles. The van der Waals surface area contributed by atoms with E-state index < -0.39 is 0 Å². The van der Waals surface area contributed by atoms with Gasteiger partial charge in [-0.05, 0) is 32.0 Å². The highest BCUT2D eigenvalue weighted by atomic mass is 15.1. The third-order valence-electron chi connectivity index (χ3n) is 3.43.